The van der Waals surface area contributed by atoms with Crippen LogP contribution >= 0.6 is 0 Å². The second-order valence-corrected chi connectivity index (χ2v) is 5.70. The van der Waals surface area contributed by atoms with E-state index in [0.717, 1.165) is 32.0 Å². The monoisotopic (exact) mass is 308 g/mol. The van der Waals surface area contributed by atoms with E-state index in [-0.39, 0.29) is 5.54 Å². The molecule has 1 N–H and O–H groups in total. The highest BCUT2D eigenvalue weighted by Crippen LogP contribution is 2.32. The van der Waals surface area contributed by atoms with Gasteiger partial charge in [0.2, 0.25) is 5.91 Å². The van der Waals surface area contributed by atoms with Crippen molar-refractivity contribution < 1.29 is 13.6 Å². The van der Waals surface area contributed by atoms with Crippen LogP contribution in [0.25, 0.3) is 0 Å². The number of hydrogen-bond acceptors (Lipinski definition) is 2. The van der Waals surface area contributed by atoms with Crippen molar-refractivity contribution in [3.05, 3.63) is 48.6 Å². The molecule has 2 fully saturated rings. The Kier molecular flexibility index (Phi) is 5.66. The molecule has 22 heavy (non-hydrogen) atoms. The molecule has 1 saturated carbocycles. The summed E-state index contributed by atoms with van der Waals surface area (Å²) in [6, 6.07) is 4.55. The summed E-state index contributed by atoms with van der Waals surface area (Å²) in [5.74, 6) is -0.781. The maximum absolute atomic E-state index is 12.2. The molecule has 3 rings (SSSR count). The zero-order valence-electron chi connectivity index (χ0n) is 12.7. The Morgan fingerprint density at radius 1 is 1.27 bits per heavy atom. The van der Waals surface area contributed by atoms with E-state index >= 15 is 0 Å². The third-order valence-corrected chi connectivity index (χ3v) is 4.13. The topological polar surface area (TPSA) is 32.3 Å². The van der Waals surface area contributed by atoms with E-state index in [1.807, 2.05) is 11.0 Å². The average molecular weight is 308 g/mol. The van der Waals surface area contributed by atoms with E-state index in [4.69, 9.17) is 0 Å². The number of amides is 1. The fourth-order valence-corrected chi connectivity index (χ4v) is 3.07. The van der Waals surface area contributed by atoms with Gasteiger partial charge in [0.25, 0.3) is 0 Å². The number of nitrogens with zero attached hydrogens (tertiary/aromatic N) is 1. The van der Waals surface area contributed by atoms with E-state index in [1.54, 1.807) is 0 Å². The Morgan fingerprint density at radius 3 is 2.41 bits per heavy atom. The maximum atomic E-state index is 12.2. The highest BCUT2D eigenvalue weighted by molar-refractivity contribution is 5.87. The molecule has 2 aliphatic rings. The predicted molar refractivity (Wildman–Crippen MR) is 82.3 cm³/mol. The van der Waals surface area contributed by atoms with Gasteiger partial charge in [-0.1, -0.05) is 25.0 Å². The molecule has 0 atom stereocenters. The fraction of sp³-hybridized carbons (Fsp3) is 0.471. The Bertz CT molecular complexity index is 510. The molecule has 1 aromatic rings. The molecule has 0 aromatic heterocycles. The van der Waals surface area contributed by atoms with Crippen LogP contribution < -0.4 is 5.32 Å². The molecule has 1 aliphatic heterocycles. The second kappa shape index (κ2) is 7.49. The van der Waals surface area contributed by atoms with Crippen molar-refractivity contribution in [1.82, 2.24) is 10.2 Å². The second-order valence-electron chi connectivity index (χ2n) is 5.70. The van der Waals surface area contributed by atoms with Crippen LogP contribution in [0.1, 0.15) is 25.7 Å². The van der Waals surface area contributed by atoms with Crippen molar-refractivity contribution >= 4 is 5.91 Å². The number of benzene rings is 1. The summed E-state index contributed by atoms with van der Waals surface area (Å²) in [6.07, 6.45) is 6.20. The first-order chi connectivity index (χ1) is 10.6. The van der Waals surface area contributed by atoms with Crippen LogP contribution in [-0.4, -0.2) is 36.0 Å². The standard InChI is InChI=1S/C11H18N2O.C6H4F2/c1-2-8-13-9-7-12-11(10(13)14)5-3-4-6-11;7-5-2-1-3-6(8)4-5/h2,12H,1,3-9H2;1-4H. The van der Waals surface area contributed by atoms with Crippen molar-refractivity contribution in [1.29, 1.82) is 0 Å². The van der Waals surface area contributed by atoms with Crippen molar-refractivity contribution in [3.63, 3.8) is 0 Å². The van der Waals surface area contributed by atoms with Gasteiger partial charge in [0.05, 0.1) is 5.54 Å². The van der Waals surface area contributed by atoms with E-state index in [9.17, 15) is 13.6 Å². The Balaban J connectivity index is 0.000000188. The molecule has 1 amide bonds. The molecule has 120 valence electrons. The lowest BCUT2D eigenvalue weighted by Gasteiger charge is -2.40. The van der Waals surface area contributed by atoms with Crippen LogP contribution in [-0.2, 0) is 4.79 Å². The van der Waals surface area contributed by atoms with E-state index in [2.05, 4.69) is 11.9 Å². The van der Waals surface area contributed by atoms with Gasteiger partial charge in [-0.15, -0.1) is 6.58 Å². The van der Waals surface area contributed by atoms with Crippen LogP contribution in [0.3, 0.4) is 0 Å². The summed E-state index contributed by atoms with van der Waals surface area (Å²) in [7, 11) is 0. The number of rotatable bonds is 2. The zero-order chi connectivity index (χ0) is 16.0. The van der Waals surface area contributed by atoms with Crippen LogP contribution in [0.15, 0.2) is 36.9 Å². The summed E-state index contributed by atoms with van der Waals surface area (Å²) >= 11 is 0. The largest absolute Gasteiger partial charge is 0.336 e. The number of piperazine rings is 1. The van der Waals surface area contributed by atoms with Crippen LogP contribution in [0.4, 0.5) is 8.78 Å². The van der Waals surface area contributed by atoms with E-state index in [0.29, 0.717) is 12.5 Å². The molecule has 1 saturated heterocycles. The molecule has 1 aromatic carbocycles. The number of halogens is 2. The number of carbonyl (C=O) groups excluding carboxylic acids is 1. The third kappa shape index (κ3) is 3.91. The van der Waals surface area contributed by atoms with Gasteiger partial charge in [0, 0.05) is 25.7 Å². The summed E-state index contributed by atoms with van der Waals surface area (Å²) in [6.45, 7) is 6.14. The highest BCUT2D eigenvalue weighted by atomic mass is 19.1. The van der Waals surface area contributed by atoms with Gasteiger partial charge >= 0.3 is 0 Å². The van der Waals surface area contributed by atoms with Crippen molar-refractivity contribution in [2.24, 2.45) is 0 Å². The highest BCUT2D eigenvalue weighted by Gasteiger charge is 2.44. The molecule has 5 heteroatoms. The normalized spacial score (nSPS) is 19.7. The molecule has 1 heterocycles. The lowest BCUT2D eigenvalue weighted by Crippen LogP contribution is -2.62. The predicted octanol–water partition coefficient (Wildman–Crippen LogP) is 2.88. The van der Waals surface area contributed by atoms with Gasteiger partial charge in [-0.25, -0.2) is 8.78 Å². The zero-order valence-corrected chi connectivity index (χ0v) is 12.7. The van der Waals surface area contributed by atoms with Crippen molar-refractivity contribution in [3.8, 4) is 0 Å². The molecule has 1 spiro atoms. The van der Waals surface area contributed by atoms with E-state index < -0.39 is 11.6 Å². The van der Waals surface area contributed by atoms with Gasteiger partial charge in [-0.2, -0.15) is 0 Å². The molecule has 1 aliphatic carbocycles. The minimum absolute atomic E-state index is 0.207. The molecular formula is C17H22F2N2O. The Labute approximate surface area is 130 Å². The van der Waals surface area contributed by atoms with Gasteiger partial charge in [0.15, 0.2) is 0 Å². The average Bonchev–Trinajstić information content (AvgIpc) is 2.94. The van der Waals surface area contributed by atoms with Crippen LogP contribution in [0.5, 0.6) is 0 Å². The summed E-state index contributed by atoms with van der Waals surface area (Å²) in [5, 5.41) is 3.41. The molecule has 0 bridgehead atoms. The first-order valence-corrected chi connectivity index (χ1v) is 7.64. The van der Waals surface area contributed by atoms with Crippen molar-refractivity contribution in [2.75, 3.05) is 19.6 Å². The SMILES string of the molecule is C=CCN1CCNC2(CCCC2)C1=O.Fc1cccc(F)c1. The third-order valence-electron chi connectivity index (χ3n) is 4.13. The first-order valence-electron chi connectivity index (χ1n) is 7.64. The maximum Gasteiger partial charge on any atom is 0.243 e. The quantitative estimate of drug-likeness (QED) is 0.852. The van der Waals surface area contributed by atoms with Gasteiger partial charge in [-0.05, 0) is 25.0 Å². The van der Waals surface area contributed by atoms with Crippen LogP contribution in [0.2, 0.25) is 0 Å². The summed E-state index contributed by atoms with van der Waals surface area (Å²) in [4.78, 5) is 14.1. The summed E-state index contributed by atoms with van der Waals surface area (Å²) < 4.78 is 23.9. The molecule has 0 radical (unpaired) electrons. The van der Waals surface area contributed by atoms with Crippen molar-refractivity contribution in [2.45, 2.75) is 31.2 Å². The Morgan fingerprint density at radius 2 is 1.91 bits per heavy atom. The lowest BCUT2D eigenvalue weighted by atomic mass is 9.93. The molecular weight excluding hydrogens is 286 g/mol. The van der Waals surface area contributed by atoms with Gasteiger partial charge in [-0.3, -0.25) is 4.79 Å². The lowest BCUT2D eigenvalue weighted by molar-refractivity contribution is -0.140. The fourth-order valence-electron chi connectivity index (χ4n) is 3.07. The first kappa shape index (κ1) is 16.6. The minimum Gasteiger partial charge on any atom is -0.336 e. The number of carbonyl (C=O) groups is 1. The number of nitrogens with one attached hydrogen (secondary N) is 1. The van der Waals surface area contributed by atoms with Gasteiger partial charge in [0.1, 0.15) is 11.6 Å². The number of hydrogen-bond donors (Lipinski definition) is 1. The Hall–Kier alpha value is -1.75. The smallest absolute Gasteiger partial charge is 0.243 e. The molecule has 3 nitrogen and oxygen atoms in total. The van der Waals surface area contributed by atoms with Crippen LogP contribution in [0, 0.1) is 11.6 Å². The van der Waals surface area contributed by atoms with Gasteiger partial charge < -0.3 is 10.2 Å². The van der Waals surface area contributed by atoms with E-state index in [1.165, 1.54) is 31.0 Å². The molecule has 0 unspecified atom stereocenters. The summed E-state index contributed by atoms with van der Waals surface area (Å²) in [5.41, 5.74) is -0.207. The minimum atomic E-state index is -0.537.